The number of terminal acetylenes is 1. The number of phosphoric ester groups is 2. The molecule has 54 heteroatoms. The van der Waals surface area contributed by atoms with Crippen molar-refractivity contribution in [3.8, 4) is 12.3 Å². The minimum absolute atomic E-state index is 0. The molecule has 8 aliphatic rings. The molecule has 128 heavy (non-hydrogen) atoms. The zero-order chi connectivity index (χ0) is 93.1. The number of rotatable bonds is 32. The minimum Gasteiger partial charge on any atom is -0.463 e. The van der Waals surface area contributed by atoms with Crippen molar-refractivity contribution in [1.82, 2.24) is 49.7 Å². The summed E-state index contributed by atoms with van der Waals surface area (Å²) in [6, 6.07) is 0.744. The van der Waals surface area contributed by atoms with E-state index in [1.165, 1.54) is 50.9 Å². The molecule has 8 fully saturated rings. The molecule has 4 aromatic rings. The summed E-state index contributed by atoms with van der Waals surface area (Å²) in [6.45, 7) is 19.4. The molecule has 12 heterocycles. The number of hydrogen-bond donors (Lipinski definition) is 9. The smallest absolute Gasteiger partial charge is 0.463 e. The number of H-pyrrole nitrogens is 1. The molecule has 10 N–H and O–H groups in total. The first-order valence-electron chi connectivity index (χ1n) is 40.1. The number of aromatic amines is 1. The Morgan fingerprint density at radius 2 is 1.28 bits per heavy atom. The second kappa shape index (κ2) is 51.7. The van der Waals surface area contributed by atoms with Crippen LogP contribution in [0.4, 0.5) is 5.82 Å². The predicted molar refractivity (Wildman–Crippen MR) is 461 cm³/mol. The van der Waals surface area contributed by atoms with Crippen LogP contribution in [-0.4, -0.2) is 338 Å². The van der Waals surface area contributed by atoms with Crippen LogP contribution in [0.1, 0.15) is 108 Å². The first-order valence-corrected chi connectivity index (χ1v) is 48.0. The van der Waals surface area contributed by atoms with Crippen molar-refractivity contribution < 1.29 is 147 Å². The number of aliphatic hydroxyl groups is 5. The molecule has 2 amide bonds. The van der Waals surface area contributed by atoms with E-state index < -0.39 is 179 Å². The number of aromatic nitrogens is 8. The fraction of sp³-hybridized carbons (Fsp3) is 0.743. The molecule has 0 saturated carbocycles. The van der Waals surface area contributed by atoms with E-state index in [2.05, 4.69) is 70.3 Å². The predicted octanol–water partition coefficient (Wildman–Crippen LogP) is 2.27. The molecular formula is C74H115BN14O33P2S4. The lowest BCUT2D eigenvalue weighted by Crippen LogP contribution is -2.66. The number of amides is 2. The number of ether oxygens (including phenoxy) is 13. The van der Waals surface area contributed by atoms with Crippen molar-refractivity contribution in [1.29, 1.82) is 0 Å². The molecule has 716 valence electrons. The molecule has 8 aliphatic heterocycles. The van der Waals surface area contributed by atoms with Gasteiger partial charge < -0.3 is 108 Å². The van der Waals surface area contributed by atoms with E-state index in [1.807, 2.05) is 26.1 Å². The lowest BCUT2D eigenvalue weighted by atomic mass is 9.82. The number of fused-ring (bicyclic) bond motifs is 3. The van der Waals surface area contributed by atoms with Crippen molar-refractivity contribution in [3.63, 3.8) is 0 Å². The highest BCUT2D eigenvalue weighted by atomic mass is 33.1. The van der Waals surface area contributed by atoms with Gasteiger partial charge in [0, 0.05) is 106 Å². The Morgan fingerprint density at radius 3 is 1.84 bits per heavy atom. The van der Waals surface area contributed by atoms with Crippen LogP contribution in [0.2, 0.25) is 0 Å². The standard InChI is InChI=1S/C26H43N4O14PS2.C18H28N4O10.C13H18BO7PS2.C9H12N4.C7H10N2O2.CH4/c1-14-26(3,35)24-18(41-14)11-40-45(36,44-24)43-20-13-47-46-12-19(20)39-10-16-8-30(29-28-16)4-5-37-6-7-38-25-21(27-15(2)32)23(34)22(33)17(9-31)42-25;1-10(23)21-15-17(31-13(4)26)16(30-12(3)25)14(9-29-11(2)24)32-18(15)28-8-7-27-6-5-20-22-19;1-3-4-17-9-6-23-24-7-10(9)20-22(16)18-5-8-11(21-22)13(2,15)12(14)19-8;1-6(2)13-4-3-7-8(10)11-5-12-9(7)13;1-5(2)9-4-3-6(10)8-7(9)11;/h8,14,17-25,31,33-35H,4-7,9-13H2,1-3H3,(H,27,32);14-18H,5-9H2,1-4H3,(H,21,23);1,8-12,15H,4-7H2,2H3;3-6H,1-2H3,(H2,10,11,12);3-5H,1-2H3,(H,8,10,11);1H4/t14-,17+,18?,19?,20+,21+,22-,23+,24+,25-,26-,45?;14-,15-,16+,17-,18+;8-,9-,10-,11?,12-,13-,22?;;;/m011.../s1. The zero-order valence-corrected chi connectivity index (χ0v) is 76.8. The minimum atomic E-state index is -3.99. The number of nitrogens with zero attached hydrogens (tertiary/aromatic N) is 10. The fourth-order valence-corrected chi connectivity index (χ4v) is 21.6. The molecule has 0 aliphatic carbocycles. The summed E-state index contributed by atoms with van der Waals surface area (Å²) in [5, 5.41) is 68.6. The van der Waals surface area contributed by atoms with Gasteiger partial charge >= 0.3 is 39.2 Å². The monoisotopic (exact) mass is 1930 g/mol. The number of carbonyl (C=O) groups is 5. The average Bonchev–Trinajstić information content (AvgIpc) is 1.60. The molecule has 24 atom stereocenters. The first-order chi connectivity index (χ1) is 60.2. The molecule has 2 radical (unpaired) electrons. The summed E-state index contributed by atoms with van der Waals surface area (Å²) in [4.78, 5) is 92.5. The summed E-state index contributed by atoms with van der Waals surface area (Å²) >= 11 is 0. The van der Waals surface area contributed by atoms with Gasteiger partial charge in [0.25, 0.3) is 5.56 Å². The van der Waals surface area contributed by atoms with Gasteiger partial charge in [-0.1, -0.05) is 66.9 Å². The van der Waals surface area contributed by atoms with Gasteiger partial charge in [-0.2, -0.15) is 0 Å². The van der Waals surface area contributed by atoms with Crippen LogP contribution in [-0.2, 0) is 135 Å². The molecule has 8 saturated heterocycles. The summed E-state index contributed by atoms with van der Waals surface area (Å²) in [5.41, 5.74) is 11.9. The van der Waals surface area contributed by atoms with E-state index in [9.17, 15) is 68.2 Å². The Kier molecular flexibility index (Phi) is 43.9. The summed E-state index contributed by atoms with van der Waals surface area (Å²) in [6.07, 6.45) is -2.82. The maximum Gasteiger partial charge on any atom is 0.475 e. The number of hydrogen-bond acceptors (Lipinski definition) is 43. The largest absolute Gasteiger partial charge is 0.475 e. The van der Waals surface area contributed by atoms with Gasteiger partial charge in [-0.15, -0.1) is 11.5 Å². The van der Waals surface area contributed by atoms with Crippen LogP contribution >= 0.6 is 58.8 Å². The lowest BCUT2D eigenvalue weighted by molar-refractivity contribution is -0.279. The van der Waals surface area contributed by atoms with Gasteiger partial charge in [0.1, 0.15) is 129 Å². The highest BCUT2D eigenvalue weighted by molar-refractivity contribution is 8.77. The number of azide groups is 1. The molecule has 5 unspecified atom stereocenters. The molecule has 0 bridgehead atoms. The Morgan fingerprint density at radius 1 is 0.734 bits per heavy atom. The Balaban J connectivity index is 0.000000239. The third-order valence-electron chi connectivity index (χ3n) is 19.8. The number of nitrogen functional groups attached to an aromatic ring is 1. The second-order valence-electron chi connectivity index (χ2n) is 30.2. The van der Waals surface area contributed by atoms with Crippen LogP contribution in [0.5, 0.6) is 0 Å². The fourth-order valence-electron chi connectivity index (χ4n) is 13.2. The van der Waals surface area contributed by atoms with Crippen LogP contribution in [0.25, 0.3) is 21.5 Å². The van der Waals surface area contributed by atoms with Crippen LogP contribution in [0, 0.1) is 12.3 Å². The number of esters is 3. The highest BCUT2D eigenvalue weighted by Gasteiger charge is 2.60. The maximum absolute atomic E-state index is 13.4. The van der Waals surface area contributed by atoms with Crippen molar-refractivity contribution >= 4 is 113 Å². The van der Waals surface area contributed by atoms with E-state index >= 15 is 0 Å². The Labute approximate surface area is 755 Å². The van der Waals surface area contributed by atoms with Crippen LogP contribution in [0.3, 0.4) is 0 Å². The number of carbonyl (C=O) groups excluding carboxylic acids is 5. The molecule has 0 spiro atoms. The number of phosphoric acid groups is 2. The number of nitrogens with one attached hydrogen (secondary N) is 3. The summed E-state index contributed by atoms with van der Waals surface area (Å²) in [7, 11) is 4.25. The first kappa shape index (κ1) is 109. The second-order valence-corrected chi connectivity index (χ2v) is 38.5. The third kappa shape index (κ3) is 31.6. The lowest BCUT2D eigenvalue weighted by Gasteiger charge is -2.44. The third-order valence-corrected chi connectivity index (χ3v) is 27.6. The Bertz CT molecular complexity index is 4540. The van der Waals surface area contributed by atoms with Gasteiger partial charge in [-0.3, -0.25) is 65.5 Å². The van der Waals surface area contributed by atoms with Gasteiger partial charge in [0.05, 0.1) is 103 Å². The number of nitrogens with two attached hydrogens (primary N) is 1. The molecule has 47 nitrogen and oxygen atoms in total. The van der Waals surface area contributed by atoms with E-state index in [0.29, 0.717) is 47.1 Å². The normalized spacial score (nSPS) is 32.2. The van der Waals surface area contributed by atoms with Crippen molar-refractivity contribution in [2.24, 2.45) is 5.11 Å². The molecule has 0 aromatic carbocycles. The zero-order valence-electron chi connectivity index (χ0n) is 71.8. The molecule has 4 aromatic heterocycles. The topological polar surface area (TPSA) is 611 Å². The van der Waals surface area contributed by atoms with Crippen LogP contribution in [0.15, 0.2) is 51.8 Å². The van der Waals surface area contributed by atoms with E-state index in [-0.39, 0.29) is 110 Å². The summed E-state index contributed by atoms with van der Waals surface area (Å²) < 4.78 is 137. The van der Waals surface area contributed by atoms with Gasteiger partial charge in [0.2, 0.25) is 11.8 Å². The van der Waals surface area contributed by atoms with Crippen molar-refractivity contribution in [2.75, 3.05) is 108 Å². The average molecular weight is 1930 g/mol. The molecular weight excluding hydrogens is 1810 g/mol. The number of anilines is 1. The highest BCUT2D eigenvalue weighted by Crippen LogP contribution is 2.61. The SMILES string of the molecule is C.CC(=O)N[C@H]1[C@@H](OCCOCCN=[N+]=[N-])O[C@H](COC(C)=O)[C@H](OC(C)=O)[C@@H]1OC(C)=O.CC(=O)N[C@H]1[C@@H](OCCOCCn2cc(COC3CSSC[C@H]3OP3(=O)OCC4O[C@@H](C)[C@](C)(O)[C@@H]4O3)nn2)O[C@H](CO)[C@H](O)[C@@H]1O.CC(C)n1ccc(=O)[nH]c1=O.CC(C)n1ccc2c(N)ncnc21.[B][C@@H]1O[C@@H]2COP(=O)(O[C@@H]3CSSC[C@H]3OCC#C)OC2[C@@]1(C)O. The van der Waals surface area contributed by atoms with Gasteiger partial charge in [0.15, 0.2) is 24.8 Å². The van der Waals surface area contributed by atoms with Gasteiger partial charge in [-0.05, 0) is 60.1 Å². The Hall–Kier alpha value is -6.46. The van der Waals surface area contributed by atoms with Crippen molar-refractivity contribution in [3.05, 3.63) is 74.0 Å². The molecule has 12 rings (SSSR count). The number of aliphatic hydroxyl groups excluding tert-OH is 3. The van der Waals surface area contributed by atoms with Crippen LogP contribution < -0.4 is 27.6 Å². The van der Waals surface area contributed by atoms with Gasteiger partial charge in [-0.25, -0.2) is 28.6 Å². The van der Waals surface area contributed by atoms with E-state index in [0.717, 1.165) is 24.9 Å². The van der Waals surface area contributed by atoms with E-state index in [4.69, 9.17) is 114 Å². The quantitative estimate of drug-likeness (QED) is 0.00323. The maximum atomic E-state index is 13.4. The van der Waals surface area contributed by atoms with E-state index in [1.54, 1.807) is 67.9 Å². The summed E-state index contributed by atoms with van der Waals surface area (Å²) in [5.74, 6) is 2.30. The van der Waals surface area contributed by atoms with Crippen molar-refractivity contribution in [2.45, 2.75) is 249 Å².